The summed E-state index contributed by atoms with van der Waals surface area (Å²) in [6.45, 7) is 7.16. The summed E-state index contributed by atoms with van der Waals surface area (Å²) in [6, 6.07) is 6.42. The molecule has 0 spiro atoms. The molecule has 1 aromatic rings. The summed E-state index contributed by atoms with van der Waals surface area (Å²) in [5.74, 6) is 0. The Morgan fingerprint density at radius 2 is 2.06 bits per heavy atom. The molecule has 1 N–H and O–H groups in total. The van der Waals surface area contributed by atoms with Gasteiger partial charge in [0.05, 0.1) is 12.1 Å². The predicted molar refractivity (Wildman–Crippen MR) is 73.7 cm³/mol. The zero-order valence-corrected chi connectivity index (χ0v) is 11.8. The highest BCUT2D eigenvalue weighted by atomic mass is 35.5. The van der Waals surface area contributed by atoms with Crippen molar-refractivity contribution >= 4 is 11.6 Å². The molecule has 0 radical (unpaired) electrons. The highest BCUT2D eigenvalue weighted by molar-refractivity contribution is 6.31. The smallest absolute Gasteiger partial charge is 0.0763 e. The van der Waals surface area contributed by atoms with E-state index in [1.54, 1.807) is 7.11 Å². The first-order chi connectivity index (χ1) is 8.13. The Hall–Kier alpha value is -0.570. The molecule has 0 saturated carbocycles. The number of rotatable bonds is 6. The molecule has 1 rings (SSSR count). The van der Waals surface area contributed by atoms with E-state index in [0.29, 0.717) is 0 Å². The van der Waals surface area contributed by atoms with E-state index in [0.717, 1.165) is 23.6 Å². The van der Waals surface area contributed by atoms with Gasteiger partial charge in [0.1, 0.15) is 0 Å². The number of aryl methyl sites for hydroxylation is 1. The zero-order valence-electron chi connectivity index (χ0n) is 11.1. The third kappa shape index (κ3) is 3.70. The van der Waals surface area contributed by atoms with E-state index >= 15 is 0 Å². The largest absolute Gasteiger partial charge is 0.379 e. The second kappa shape index (κ2) is 7.00. The van der Waals surface area contributed by atoms with Crippen molar-refractivity contribution in [2.24, 2.45) is 0 Å². The van der Waals surface area contributed by atoms with Crippen molar-refractivity contribution in [3.05, 3.63) is 34.3 Å². The van der Waals surface area contributed by atoms with Crippen LogP contribution in [0.15, 0.2) is 18.2 Å². The van der Waals surface area contributed by atoms with Crippen molar-refractivity contribution in [2.45, 2.75) is 39.3 Å². The van der Waals surface area contributed by atoms with Gasteiger partial charge in [-0.25, -0.2) is 0 Å². The molecule has 0 aromatic heterocycles. The molecule has 0 aliphatic rings. The molecule has 0 aliphatic carbocycles. The number of likely N-dealkylation sites (N-methyl/N-ethyl adjacent to an activating group) is 1. The zero-order chi connectivity index (χ0) is 12.8. The number of methoxy groups -OCH3 is 1. The molecule has 3 heteroatoms. The van der Waals surface area contributed by atoms with Crippen molar-refractivity contribution in [1.29, 1.82) is 0 Å². The van der Waals surface area contributed by atoms with Crippen LogP contribution in [0.25, 0.3) is 0 Å². The fraction of sp³-hybridized carbons (Fsp3) is 0.571. The summed E-state index contributed by atoms with van der Waals surface area (Å²) in [7, 11) is 1.76. The van der Waals surface area contributed by atoms with Crippen LogP contribution in [0, 0.1) is 6.92 Å². The molecule has 0 fully saturated rings. The molecular weight excluding hydrogens is 234 g/mol. The summed E-state index contributed by atoms with van der Waals surface area (Å²) in [4.78, 5) is 0. The van der Waals surface area contributed by atoms with Crippen LogP contribution in [-0.2, 0) is 4.74 Å². The lowest BCUT2D eigenvalue weighted by atomic mass is 9.98. The minimum atomic E-state index is 0.175. The van der Waals surface area contributed by atoms with Gasteiger partial charge in [0.25, 0.3) is 0 Å². The van der Waals surface area contributed by atoms with Gasteiger partial charge in [0.2, 0.25) is 0 Å². The number of nitrogens with one attached hydrogen (secondary N) is 1. The highest BCUT2D eigenvalue weighted by Gasteiger charge is 2.20. The van der Waals surface area contributed by atoms with E-state index in [1.165, 1.54) is 5.56 Å². The van der Waals surface area contributed by atoms with Crippen LogP contribution in [-0.4, -0.2) is 19.8 Å². The van der Waals surface area contributed by atoms with E-state index in [4.69, 9.17) is 16.3 Å². The Balaban J connectivity index is 2.99. The molecule has 2 unspecified atom stereocenters. The summed E-state index contributed by atoms with van der Waals surface area (Å²) >= 11 is 6.18. The SMILES string of the molecule is CCNC(c1ccc(C)c(Cl)c1)C(CC)OC. The van der Waals surface area contributed by atoms with Crippen LogP contribution in [0.4, 0.5) is 0 Å². The number of ether oxygens (including phenoxy) is 1. The molecule has 0 heterocycles. The van der Waals surface area contributed by atoms with Crippen molar-refractivity contribution in [1.82, 2.24) is 5.32 Å². The molecular formula is C14H22ClNO. The second-order valence-electron chi connectivity index (χ2n) is 4.23. The van der Waals surface area contributed by atoms with Crippen molar-refractivity contribution in [3.63, 3.8) is 0 Å². The average Bonchev–Trinajstić information content (AvgIpc) is 2.33. The van der Waals surface area contributed by atoms with Gasteiger partial charge in [-0.05, 0) is 37.1 Å². The van der Waals surface area contributed by atoms with Crippen LogP contribution in [0.2, 0.25) is 5.02 Å². The molecule has 0 bridgehead atoms. The molecule has 0 saturated heterocycles. The standard InChI is InChI=1S/C14H22ClNO/c1-5-13(17-4)14(16-6-2)11-8-7-10(3)12(15)9-11/h7-9,13-14,16H,5-6H2,1-4H3. The molecule has 96 valence electrons. The van der Waals surface area contributed by atoms with Crippen molar-refractivity contribution < 1.29 is 4.74 Å². The lowest BCUT2D eigenvalue weighted by molar-refractivity contribution is 0.0656. The topological polar surface area (TPSA) is 21.3 Å². The maximum absolute atomic E-state index is 6.18. The van der Waals surface area contributed by atoms with Crippen LogP contribution in [0.3, 0.4) is 0 Å². The predicted octanol–water partition coefficient (Wildman–Crippen LogP) is 3.72. The van der Waals surface area contributed by atoms with E-state index in [2.05, 4.69) is 31.3 Å². The Morgan fingerprint density at radius 3 is 2.53 bits per heavy atom. The lowest BCUT2D eigenvalue weighted by Gasteiger charge is -2.26. The summed E-state index contributed by atoms with van der Waals surface area (Å²) in [5, 5.41) is 4.28. The van der Waals surface area contributed by atoms with Gasteiger partial charge in [0, 0.05) is 12.1 Å². The van der Waals surface area contributed by atoms with Crippen LogP contribution in [0.1, 0.15) is 37.4 Å². The Morgan fingerprint density at radius 1 is 1.35 bits per heavy atom. The Kier molecular flexibility index (Phi) is 5.96. The van der Waals surface area contributed by atoms with Crippen molar-refractivity contribution in [3.8, 4) is 0 Å². The Bertz CT molecular complexity index is 350. The maximum atomic E-state index is 6.18. The number of benzene rings is 1. The van der Waals surface area contributed by atoms with E-state index in [9.17, 15) is 0 Å². The van der Waals surface area contributed by atoms with Gasteiger partial charge in [-0.2, -0.15) is 0 Å². The molecule has 1 aromatic carbocycles. The molecule has 0 aliphatic heterocycles. The van der Waals surface area contributed by atoms with Crippen LogP contribution >= 0.6 is 11.6 Å². The fourth-order valence-electron chi connectivity index (χ4n) is 2.02. The average molecular weight is 256 g/mol. The molecule has 2 atom stereocenters. The van der Waals surface area contributed by atoms with E-state index in [1.807, 2.05) is 13.0 Å². The van der Waals surface area contributed by atoms with Crippen LogP contribution < -0.4 is 5.32 Å². The number of halogens is 1. The Labute approximate surface area is 109 Å². The minimum absolute atomic E-state index is 0.175. The van der Waals surface area contributed by atoms with E-state index in [-0.39, 0.29) is 12.1 Å². The third-order valence-corrected chi connectivity index (χ3v) is 3.46. The van der Waals surface area contributed by atoms with E-state index < -0.39 is 0 Å². The quantitative estimate of drug-likeness (QED) is 0.837. The van der Waals surface area contributed by atoms with Gasteiger partial charge in [-0.3, -0.25) is 0 Å². The van der Waals surface area contributed by atoms with Crippen LogP contribution in [0.5, 0.6) is 0 Å². The summed E-state index contributed by atoms with van der Waals surface area (Å²) in [6.07, 6.45) is 1.15. The van der Waals surface area contributed by atoms with Gasteiger partial charge in [-0.1, -0.05) is 37.6 Å². The molecule has 2 nitrogen and oxygen atoms in total. The normalized spacial score (nSPS) is 14.6. The van der Waals surface area contributed by atoms with Crippen molar-refractivity contribution in [2.75, 3.05) is 13.7 Å². The fourth-order valence-corrected chi connectivity index (χ4v) is 2.21. The third-order valence-electron chi connectivity index (χ3n) is 3.06. The maximum Gasteiger partial charge on any atom is 0.0763 e. The number of hydrogen-bond acceptors (Lipinski definition) is 2. The first-order valence-electron chi connectivity index (χ1n) is 6.16. The highest BCUT2D eigenvalue weighted by Crippen LogP contribution is 2.25. The summed E-state index contributed by atoms with van der Waals surface area (Å²) < 4.78 is 5.53. The lowest BCUT2D eigenvalue weighted by Crippen LogP contribution is -2.32. The molecule has 17 heavy (non-hydrogen) atoms. The minimum Gasteiger partial charge on any atom is -0.379 e. The first-order valence-corrected chi connectivity index (χ1v) is 6.54. The monoisotopic (exact) mass is 255 g/mol. The van der Waals surface area contributed by atoms with Gasteiger partial charge >= 0.3 is 0 Å². The number of hydrogen-bond donors (Lipinski definition) is 1. The summed E-state index contributed by atoms with van der Waals surface area (Å²) in [5.41, 5.74) is 2.30. The second-order valence-corrected chi connectivity index (χ2v) is 4.63. The molecule has 0 amide bonds. The first kappa shape index (κ1) is 14.5. The van der Waals surface area contributed by atoms with Gasteiger partial charge in [0.15, 0.2) is 0 Å². The van der Waals surface area contributed by atoms with Gasteiger partial charge in [-0.15, -0.1) is 0 Å². The van der Waals surface area contributed by atoms with Gasteiger partial charge < -0.3 is 10.1 Å².